The van der Waals surface area contributed by atoms with Crippen LogP contribution >= 0.6 is 0 Å². The largest absolute Gasteiger partial charge is 0.352 e. The van der Waals surface area contributed by atoms with Crippen LogP contribution in [0.15, 0.2) is 18.3 Å². The molecule has 0 aromatic carbocycles. The zero-order chi connectivity index (χ0) is 14.4. The molecule has 1 aromatic rings. The summed E-state index contributed by atoms with van der Waals surface area (Å²) in [5.41, 5.74) is 1.16. The minimum atomic E-state index is 0.0745. The van der Waals surface area contributed by atoms with Crippen LogP contribution < -0.4 is 15.5 Å². The van der Waals surface area contributed by atoms with E-state index in [2.05, 4.69) is 28.6 Å². The number of amides is 1. The molecule has 0 aliphatic heterocycles. The maximum absolute atomic E-state index is 11.7. The van der Waals surface area contributed by atoms with Gasteiger partial charge in [-0.05, 0) is 37.4 Å². The van der Waals surface area contributed by atoms with E-state index in [1.165, 1.54) is 0 Å². The normalized spacial score (nSPS) is 14.1. The third-order valence-corrected chi connectivity index (χ3v) is 3.28. The summed E-state index contributed by atoms with van der Waals surface area (Å²) in [5.74, 6) is 0.903. The fourth-order valence-corrected chi connectivity index (χ4v) is 1.95. The highest BCUT2D eigenvalue weighted by Crippen LogP contribution is 2.18. The van der Waals surface area contributed by atoms with Gasteiger partial charge >= 0.3 is 0 Å². The lowest BCUT2D eigenvalue weighted by Gasteiger charge is -2.17. The van der Waals surface area contributed by atoms with Crippen molar-refractivity contribution in [2.75, 3.05) is 25.0 Å². The summed E-state index contributed by atoms with van der Waals surface area (Å²) in [5, 5.41) is 6.32. The number of rotatable bonds is 8. The molecule has 5 nitrogen and oxygen atoms in total. The van der Waals surface area contributed by atoms with Crippen LogP contribution in [0.5, 0.6) is 0 Å². The van der Waals surface area contributed by atoms with Crippen LogP contribution in [0.25, 0.3) is 0 Å². The molecule has 0 radical (unpaired) electrons. The highest BCUT2D eigenvalue weighted by Gasteiger charge is 2.23. The molecule has 1 aliphatic rings. The van der Waals surface area contributed by atoms with Crippen molar-refractivity contribution in [3.8, 4) is 0 Å². The molecule has 5 heteroatoms. The Morgan fingerprint density at radius 1 is 1.45 bits per heavy atom. The van der Waals surface area contributed by atoms with Gasteiger partial charge in [-0.15, -0.1) is 0 Å². The predicted octanol–water partition coefficient (Wildman–Crippen LogP) is 1.30. The number of nitrogens with one attached hydrogen (secondary N) is 2. The predicted molar refractivity (Wildman–Crippen MR) is 80.7 cm³/mol. The van der Waals surface area contributed by atoms with E-state index in [0.717, 1.165) is 43.7 Å². The molecule has 1 aromatic heterocycles. The lowest BCUT2D eigenvalue weighted by molar-refractivity contribution is -0.119. The second-order valence-electron chi connectivity index (χ2n) is 5.40. The van der Waals surface area contributed by atoms with Crippen molar-refractivity contribution in [2.24, 2.45) is 0 Å². The molecule has 0 unspecified atom stereocenters. The van der Waals surface area contributed by atoms with Crippen LogP contribution in [0.2, 0.25) is 0 Å². The zero-order valence-electron chi connectivity index (χ0n) is 12.4. The molecule has 0 saturated heterocycles. The van der Waals surface area contributed by atoms with Gasteiger partial charge in [0.25, 0.3) is 0 Å². The molecule has 0 spiro atoms. The lowest BCUT2D eigenvalue weighted by Crippen LogP contribution is -2.36. The molecule has 1 saturated carbocycles. The minimum Gasteiger partial charge on any atom is -0.352 e. The van der Waals surface area contributed by atoms with Gasteiger partial charge in [0.15, 0.2) is 0 Å². The van der Waals surface area contributed by atoms with Gasteiger partial charge in [-0.1, -0.05) is 13.0 Å². The topological polar surface area (TPSA) is 57.3 Å². The second kappa shape index (κ2) is 7.24. The summed E-state index contributed by atoms with van der Waals surface area (Å²) >= 11 is 0. The van der Waals surface area contributed by atoms with Crippen molar-refractivity contribution < 1.29 is 4.79 Å². The van der Waals surface area contributed by atoms with E-state index in [1.54, 1.807) is 0 Å². The van der Waals surface area contributed by atoms with Crippen LogP contribution in [0.4, 0.5) is 5.82 Å². The standard InChI is InChI=1S/C15H24N4O/c1-3-8-16-9-12-4-7-14(17-10-12)19(2)11-15(20)18-13-5-6-13/h4,7,10,13,16H,3,5-6,8-9,11H2,1-2H3,(H,18,20). The quantitative estimate of drug-likeness (QED) is 0.703. The van der Waals surface area contributed by atoms with E-state index >= 15 is 0 Å². The van der Waals surface area contributed by atoms with Crippen LogP contribution in [-0.2, 0) is 11.3 Å². The molecule has 110 valence electrons. The van der Waals surface area contributed by atoms with E-state index < -0.39 is 0 Å². The average molecular weight is 276 g/mol. The number of pyridine rings is 1. The Kier molecular flexibility index (Phi) is 5.35. The molecular weight excluding hydrogens is 252 g/mol. The highest BCUT2D eigenvalue weighted by molar-refractivity contribution is 5.81. The van der Waals surface area contributed by atoms with E-state index in [0.29, 0.717) is 12.6 Å². The van der Waals surface area contributed by atoms with Crippen LogP contribution in [0.1, 0.15) is 31.7 Å². The molecule has 1 aliphatic carbocycles. The third kappa shape index (κ3) is 4.81. The summed E-state index contributed by atoms with van der Waals surface area (Å²) in [4.78, 5) is 18.0. The number of hydrogen-bond donors (Lipinski definition) is 2. The number of aromatic nitrogens is 1. The minimum absolute atomic E-state index is 0.0745. The Labute approximate surface area is 120 Å². The summed E-state index contributed by atoms with van der Waals surface area (Å²) < 4.78 is 0. The van der Waals surface area contributed by atoms with Gasteiger partial charge in [-0.2, -0.15) is 0 Å². The molecule has 2 N–H and O–H groups in total. The van der Waals surface area contributed by atoms with Crippen molar-refractivity contribution in [3.63, 3.8) is 0 Å². The van der Waals surface area contributed by atoms with E-state index in [-0.39, 0.29) is 5.91 Å². The molecule has 0 atom stereocenters. The summed E-state index contributed by atoms with van der Waals surface area (Å²) in [7, 11) is 1.89. The van der Waals surface area contributed by atoms with Gasteiger partial charge in [-0.25, -0.2) is 4.98 Å². The van der Waals surface area contributed by atoms with Crippen molar-refractivity contribution in [3.05, 3.63) is 23.9 Å². The first kappa shape index (κ1) is 14.8. The van der Waals surface area contributed by atoms with E-state index in [4.69, 9.17) is 0 Å². The summed E-state index contributed by atoms with van der Waals surface area (Å²) in [6, 6.07) is 4.43. The number of hydrogen-bond acceptors (Lipinski definition) is 4. The third-order valence-electron chi connectivity index (χ3n) is 3.28. The smallest absolute Gasteiger partial charge is 0.239 e. The molecule has 2 rings (SSSR count). The summed E-state index contributed by atoms with van der Waals surface area (Å²) in [6.07, 6.45) is 5.23. The zero-order valence-corrected chi connectivity index (χ0v) is 12.4. The number of likely N-dealkylation sites (N-methyl/N-ethyl adjacent to an activating group) is 1. The first-order valence-electron chi connectivity index (χ1n) is 7.35. The van der Waals surface area contributed by atoms with Gasteiger partial charge in [0, 0.05) is 25.8 Å². The Hall–Kier alpha value is -1.62. The van der Waals surface area contributed by atoms with Crippen molar-refractivity contribution >= 4 is 11.7 Å². The van der Waals surface area contributed by atoms with Crippen LogP contribution in [-0.4, -0.2) is 37.1 Å². The van der Waals surface area contributed by atoms with Crippen molar-refractivity contribution in [1.82, 2.24) is 15.6 Å². The first-order chi connectivity index (χ1) is 9.69. The highest BCUT2D eigenvalue weighted by atomic mass is 16.2. The van der Waals surface area contributed by atoms with E-state index in [1.807, 2.05) is 24.2 Å². The number of carbonyl (C=O) groups excluding carboxylic acids is 1. The average Bonchev–Trinajstić information content (AvgIpc) is 3.23. The van der Waals surface area contributed by atoms with Gasteiger partial charge in [0.05, 0.1) is 6.54 Å². The molecule has 20 heavy (non-hydrogen) atoms. The van der Waals surface area contributed by atoms with Crippen LogP contribution in [0, 0.1) is 0 Å². The maximum Gasteiger partial charge on any atom is 0.239 e. The Morgan fingerprint density at radius 2 is 2.25 bits per heavy atom. The molecule has 1 heterocycles. The number of anilines is 1. The van der Waals surface area contributed by atoms with Gasteiger partial charge in [0.1, 0.15) is 5.82 Å². The van der Waals surface area contributed by atoms with E-state index in [9.17, 15) is 4.79 Å². The van der Waals surface area contributed by atoms with Gasteiger partial charge in [0.2, 0.25) is 5.91 Å². The van der Waals surface area contributed by atoms with Gasteiger partial charge < -0.3 is 15.5 Å². The van der Waals surface area contributed by atoms with Crippen molar-refractivity contribution in [1.29, 1.82) is 0 Å². The number of carbonyl (C=O) groups is 1. The Morgan fingerprint density at radius 3 is 2.85 bits per heavy atom. The number of nitrogens with zero attached hydrogens (tertiary/aromatic N) is 2. The van der Waals surface area contributed by atoms with Crippen LogP contribution in [0.3, 0.4) is 0 Å². The molecule has 0 bridgehead atoms. The second-order valence-corrected chi connectivity index (χ2v) is 5.40. The lowest BCUT2D eigenvalue weighted by atomic mass is 10.2. The molecule has 1 amide bonds. The Balaban J connectivity index is 1.79. The first-order valence-corrected chi connectivity index (χ1v) is 7.35. The fraction of sp³-hybridized carbons (Fsp3) is 0.600. The maximum atomic E-state index is 11.7. The SMILES string of the molecule is CCCNCc1ccc(N(C)CC(=O)NC2CC2)nc1. The fourth-order valence-electron chi connectivity index (χ4n) is 1.95. The van der Waals surface area contributed by atoms with Crippen molar-refractivity contribution in [2.45, 2.75) is 38.8 Å². The van der Waals surface area contributed by atoms with Gasteiger partial charge in [-0.3, -0.25) is 4.79 Å². The molecular formula is C15H24N4O. The Bertz CT molecular complexity index is 428. The summed E-state index contributed by atoms with van der Waals surface area (Å²) in [6.45, 7) is 4.36. The molecule has 1 fully saturated rings. The monoisotopic (exact) mass is 276 g/mol.